The Hall–Kier alpha value is 0.450. The first-order chi connectivity index (χ1) is 11.5. The quantitative estimate of drug-likeness (QED) is 0.459. The molecular formula is C18H41N2O3PS. The molecule has 0 atom stereocenters. The van der Waals surface area contributed by atoms with E-state index in [-0.39, 0.29) is 0 Å². The summed E-state index contributed by atoms with van der Waals surface area (Å²) in [6, 6.07) is 0. The molecule has 7 heteroatoms. The first-order valence-corrected chi connectivity index (χ1v) is 13.8. The molecule has 0 aromatic rings. The maximum atomic E-state index is 6.59. The fourth-order valence-corrected chi connectivity index (χ4v) is 9.12. The Morgan fingerprint density at radius 1 is 0.960 bits per heavy atom. The SMILES string of the molecule is CCCC1(C(N)(N)OP=S(CC)(CC)(CC)CC)COC(C)(C)OC1. The molecule has 0 aromatic heterocycles. The van der Waals surface area contributed by atoms with Gasteiger partial charge in [0.25, 0.3) is 0 Å². The van der Waals surface area contributed by atoms with E-state index in [9.17, 15) is 0 Å². The van der Waals surface area contributed by atoms with Crippen LogP contribution in [0.3, 0.4) is 0 Å². The van der Waals surface area contributed by atoms with Gasteiger partial charge in [0, 0.05) is 0 Å². The molecule has 0 saturated carbocycles. The molecule has 0 spiro atoms. The van der Waals surface area contributed by atoms with E-state index in [0.717, 1.165) is 43.4 Å². The van der Waals surface area contributed by atoms with Crippen molar-refractivity contribution < 1.29 is 14.0 Å². The van der Waals surface area contributed by atoms with Crippen molar-refractivity contribution in [3.8, 4) is 0 Å². The Morgan fingerprint density at radius 2 is 1.40 bits per heavy atom. The van der Waals surface area contributed by atoms with Gasteiger partial charge in [0.1, 0.15) is 0 Å². The smallest absolute Gasteiger partial charge is 0.190 e. The molecule has 0 aromatic carbocycles. The molecule has 0 unspecified atom stereocenters. The fraction of sp³-hybridized carbons (Fsp3) is 1.00. The molecule has 5 nitrogen and oxygen atoms in total. The third-order valence-corrected chi connectivity index (χ3v) is 17.6. The van der Waals surface area contributed by atoms with Crippen molar-refractivity contribution in [2.45, 2.75) is 72.9 Å². The van der Waals surface area contributed by atoms with Gasteiger partial charge >= 0.3 is 0 Å². The van der Waals surface area contributed by atoms with Crippen LogP contribution in [0.15, 0.2) is 0 Å². The first-order valence-electron chi connectivity index (χ1n) is 9.63. The second-order valence-electron chi connectivity index (χ2n) is 7.86. The topological polar surface area (TPSA) is 79.7 Å². The van der Waals surface area contributed by atoms with Crippen LogP contribution in [-0.2, 0) is 22.3 Å². The van der Waals surface area contributed by atoms with Gasteiger partial charge in [-0.1, -0.05) is 41.0 Å². The average Bonchev–Trinajstić information content (AvgIpc) is 2.60. The van der Waals surface area contributed by atoms with E-state index in [2.05, 4.69) is 34.6 Å². The van der Waals surface area contributed by atoms with Crippen molar-refractivity contribution in [2.24, 2.45) is 16.9 Å². The summed E-state index contributed by atoms with van der Waals surface area (Å²) in [6.07, 6.45) is 1.77. The molecule has 152 valence electrons. The Balaban J connectivity index is 3.22. The van der Waals surface area contributed by atoms with E-state index in [1.54, 1.807) is 0 Å². The summed E-state index contributed by atoms with van der Waals surface area (Å²) < 4.78 is 18.2. The highest BCUT2D eigenvalue weighted by atomic mass is 32.6. The molecule has 0 amide bonds. The maximum absolute atomic E-state index is 6.59. The molecule has 0 bridgehead atoms. The van der Waals surface area contributed by atoms with Gasteiger partial charge in [-0.2, -0.15) is 0 Å². The average molecular weight is 397 g/mol. The summed E-state index contributed by atoms with van der Waals surface area (Å²) in [7, 11) is -0.716. The van der Waals surface area contributed by atoms with Gasteiger partial charge in [0.15, 0.2) is 11.6 Å². The van der Waals surface area contributed by atoms with Gasteiger partial charge in [-0.15, -0.1) is 0 Å². The summed E-state index contributed by atoms with van der Waals surface area (Å²) in [5.41, 5.74) is 12.7. The van der Waals surface area contributed by atoms with E-state index in [0.29, 0.717) is 13.2 Å². The highest BCUT2D eigenvalue weighted by Gasteiger charge is 2.52. The second kappa shape index (κ2) is 8.22. The lowest BCUT2D eigenvalue weighted by Crippen LogP contribution is -2.69. The number of ether oxygens (including phenoxy) is 2. The van der Waals surface area contributed by atoms with Crippen LogP contribution in [0.2, 0.25) is 0 Å². The highest BCUT2D eigenvalue weighted by molar-refractivity contribution is 8.45. The Morgan fingerprint density at radius 3 is 1.76 bits per heavy atom. The van der Waals surface area contributed by atoms with Crippen LogP contribution in [0.1, 0.15) is 61.3 Å². The van der Waals surface area contributed by atoms with Gasteiger partial charge in [-0.05, 0) is 43.3 Å². The van der Waals surface area contributed by atoms with Crippen LogP contribution < -0.4 is 11.5 Å². The molecular weight excluding hydrogens is 355 g/mol. The lowest BCUT2D eigenvalue weighted by Gasteiger charge is -2.51. The first kappa shape index (κ1) is 23.5. The van der Waals surface area contributed by atoms with Crippen LogP contribution in [0.4, 0.5) is 0 Å². The Labute approximate surface area is 156 Å². The molecule has 1 aliphatic rings. The predicted molar refractivity (Wildman–Crippen MR) is 112 cm³/mol. The molecule has 4 N–H and O–H groups in total. The standard InChI is InChI=1S/C18H41N2O3PS/c1-8-13-17(14-21-16(6,7)22-15-17)18(19,20)23-24-25(9-2,10-3,11-4)12-5/h8-15,19-20H2,1-7H3. The number of nitrogens with two attached hydrogens (primary N) is 2. The van der Waals surface area contributed by atoms with E-state index >= 15 is 0 Å². The van der Waals surface area contributed by atoms with Crippen molar-refractivity contribution in [2.75, 3.05) is 36.2 Å². The zero-order chi connectivity index (χ0) is 19.4. The molecule has 25 heavy (non-hydrogen) atoms. The Bertz CT molecular complexity index is 473. The number of rotatable bonds is 9. The monoisotopic (exact) mass is 396 g/mol. The van der Waals surface area contributed by atoms with E-state index in [4.69, 9.17) is 25.5 Å². The molecule has 1 aliphatic heterocycles. The van der Waals surface area contributed by atoms with Crippen LogP contribution in [0, 0.1) is 5.41 Å². The largest absolute Gasteiger partial charge is 0.350 e. The minimum atomic E-state index is -1.69. The minimum absolute atomic E-state index is 0.459. The normalized spacial score (nSPS) is 22.5. The third kappa shape index (κ3) is 4.66. The van der Waals surface area contributed by atoms with E-state index < -0.39 is 25.4 Å². The van der Waals surface area contributed by atoms with Crippen molar-refractivity contribution >= 4 is 15.9 Å². The molecule has 1 fully saturated rings. The summed E-state index contributed by atoms with van der Waals surface area (Å²) >= 11 is 0. The van der Waals surface area contributed by atoms with Gasteiger partial charge in [0.05, 0.1) is 26.2 Å². The van der Waals surface area contributed by atoms with Gasteiger partial charge in [-0.25, -0.2) is 8.34 Å². The third-order valence-electron chi connectivity index (χ3n) is 6.31. The lowest BCUT2D eigenvalue weighted by molar-refractivity contribution is -0.310. The van der Waals surface area contributed by atoms with Crippen LogP contribution in [-0.4, -0.2) is 47.9 Å². The predicted octanol–water partition coefficient (Wildman–Crippen LogP) is 3.69. The molecule has 1 rings (SSSR count). The minimum Gasteiger partial charge on any atom is -0.350 e. The van der Waals surface area contributed by atoms with E-state index in [1.807, 2.05) is 13.8 Å². The van der Waals surface area contributed by atoms with Crippen molar-refractivity contribution in [1.82, 2.24) is 0 Å². The zero-order valence-corrected chi connectivity index (χ0v) is 19.1. The van der Waals surface area contributed by atoms with Gasteiger partial charge in [-0.3, -0.25) is 16.0 Å². The number of hydrogen-bond acceptors (Lipinski definition) is 5. The molecule has 1 heterocycles. The summed E-state index contributed by atoms with van der Waals surface area (Å²) in [5, 5.41) is 0. The maximum Gasteiger partial charge on any atom is 0.190 e. The van der Waals surface area contributed by atoms with Crippen LogP contribution in [0.5, 0.6) is 0 Å². The van der Waals surface area contributed by atoms with Gasteiger partial charge in [0.2, 0.25) is 0 Å². The van der Waals surface area contributed by atoms with Crippen LogP contribution >= 0.6 is 7.58 Å². The molecule has 0 aliphatic carbocycles. The second-order valence-corrected chi connectivity index (χ2v) is 17.5. The highest BCUT2D eigenvalue weighted by Crippen LogP contribution is 2.45. The number of hydrogen-bond donors (Lipinski definition) is 2. The lowest BCUT2D eigenvalue weighted by atomic mass is 9.79. The molecule has 1 saturated heterocycles. The fourth-order valence-electron chi connectivity index (χ4n) is 3.45. The molecule has 0 radical (unpaired) electrons. The van der Waals surface area contributed by atoms with Crippen LogP contribution in [0.25, 0.3) is 0 Å². The van der Waals surface area contributed by atoms with E-state index in [1.165, 1.54) is 0 Å². The van der Waals surface area contributed by atoms with Crippen molar-refractivity contribution in [3.05, 3.63) is 0 Å². The summed E-state index contributed by atoms with van der Waals surface area (Å²) in [5.74, 6) is 2.69. The van der Waals surface area contributed by atoms with Crippen molar-refractivity contribution in [3.63, 3.8) is 0 Å². The summed E-state index contributed by atoms with van der Waals surface area (Å²) in [4.78, 5) is 0. The Kier molecular flexibility index (Phi) is 7.72. The van der Waals surface area contributed by atoms with Gasteiger partial charge < -0.3 is 9.47 Å². The zero-order valence-electron chi connectivity index (χ0n) is 17.4. The van der Waals surface area contributed by atoms with Crippen molar-refractivity contribution in [1.29, 1.82) is 0 Å². The summed E-state index contributed by atoms with van der Waals surface area (Å²) in [6.45, 7) is 16.0.